The zero-order valence-electron chi connectivity index (χ0n) is 15.6. The molecule has 0 amide bonds. The summed E-state index contributed by atoms with van der Waals surface area (Å²) < 4.78 is 10.9. The third-order valence-corrected chi connectivity index (χ3v) is 4.24. The number of aromatic amines is 1. The normalized spacial score (nSPS) is 10.7. The van der Waals surface area contributed by atoms with Crippen molar-refractivity contribution in [2.45, 2.75) is 19.3 Å². The van der Waals surface area contributed by atoms with Crippen molar-refractivity contribution in [1.82, 2.24) is 10.3 Å². The molecule has 0 aliphatic carbocycles. The molecule has 3 aromatic rings. The van der Waals surface area contributed by atoms with Crippen molar-refractivity contribution in [1.29, 1.82) is 0 Å². The first-order chi connectivity index (χ1) is 13.7. The molecule has 1 aromatic heterocycles. The van der Waals surface area contributed by atoms with Gasteiger partial charge in [-0.3, -0.25) is 14.9 Å². The number of H-pyrrole nitrogens is 1. The fourth-order valence-corrected chi connectivity index (χ4v) is 2.78. The summed E-state index contributed by atoms with van der Waals surface area (Å²) in [6, 6.07) is 18.5. The summed E-state index contributed by atoms with van der Waals surface area (Å²) in [6.07, 6.45) is 2.06. The van der Waals surface area contributed by atoms with Crippen LogP contribution in [0, 0.1) is 0 Å². The lowest BCUT2D eigenvalue weighted by atomic mass is 10.2. The molecular formula is C22H24N2O4. The maximum Gasteiger partial charge on any atom is 0.311 e. The van der Waals surface area contributed by atoms with Gasteiger partial charge in [0.1, 0.15) is 12.5 Å². The molecule has 3 rings (SSSR count). The van der Waals surface area contributed by atoms with Crippen LogP contribution in [0.25, 0.3) is 10.9 Å². The number of nitrogens with one attached hydrogen (secondary N) is 2. The lowest BCUT2D eigenvalue weighted by Gasteiger charge is -2.08. The molecule has 0 atom stereocenters. The number of esters is 1. The number of aromatic nitrogens is 1. The number of ether oxygens (including phenoxy) is 2. The van der Waals surface area contributed by atoms with Gasteiger partial charge in [-0.05, 0) is 48.5 Å². The molecule has 0 unspecified atom stereocenters. The Morgan fingerprint density at radius 2 is 1.82 bits per heavy atom. The second-order valence-electron chi connectivity index (χ2n) is 6.45. The van der Waals surface area contributed by atoms with Crippen LogP contribution < -0.4 is 15.6 Å². The number of hydrogen-bond acceptors (Lipinski definition) is 5. The number of pyridine rings is 1. The van der Waals surface area contributed by atoms with Crippen molar-refractivity contribution in [3.8, 4) is 5.75 Å². The molecule has 0 aliphatic heterocycles. The summed E-state index contributed by atoms with van der Waals surface area (Å²) in [4.78, 5) is 25.9. The molecular weight excluding hydrogens is 356 g/mol. The fraction of sp³-hybridized carbons (Fsp3) is 0.273. The first-order valence-corrected chi connectivity index (χ1v) is 9.37. The molecule has 0 fully saturated rings. The van der Waals surface area contributed by atoms with Crippen LogP contribution in [-0.2, 0) is 16.0 Å². The smallest absolute Gasteiger partial charge is 0.311 e. The van der Waals surface area contributed by atoms with Crippen molar-refractivity contribution >= 4 is 16.9 Å². The molecule has 28 heavy (non-hydrogen) atoms. The number of fused-ring (bicyclic) bond motifs is 1. The van der Waals surface area contributed by atoms with Crippen LogP contribution in [-0.4, -0.2) is 30.8 Å². The zero-order chi connectivity index (χ0) is 19.6. The van der Waals surface area contributed by atoms with E-state index >= 15 is 0 Å². The van der Waals surface area contributed by atoms with Gasteiger partial charge in [0.05, 0.1) is 18.5 Å². The van der Waals surface area contributed by atoms with Gasteiger partial charge in [-0.1, -0.05) is 30.3 Å². The van der Waals surface area contributed by atoms with Crippen LogP contribution in [0.4, 0.5) is 0 Å². The van der Waals surface area contributed by atoms with Crippen molar-refractivity contribution in [2.75, 3.05) is 19.9 Å². The number of hydrogen-bond donors (Lipinski definition) is 2. The van der Waals surface area contributed by atoms with Crippen molar-refractivity contribution in [3.63, 3.8) is 0 Å². The summed E-state index contributed by atoms with van der Waals surface area (Å²) in [5.41, 5.74) is 1.59. The molecule has 0 aliphatic rings. The van der Waals surface area contributed by atoms with Crippen LogP contribution in [0.3, 0.4) is 0 Å². The zero-order valence-corrected chi connectivity index (χ0v) is 15.6. The minimum atomic E-state index is -0.239. The topological polar surface area (TPSA) is 80.4 Å². The SMILES string of the molecule is O=C(Cc1ccccc1)OCNCCCCOc1ccc2ccc(=O)[nH]c2c1. The van der Waals surface area contributed by atoms with Crippen molar-refractivity contribution < 1.29 is 14.3 Å². The Morgan fingerprint density at radius 3 is 2.68 bits per heavy atom. The summed E-state index contributed by atoms with van der Waals surface area (Å²) in [6.45, 7) is 1.54. The molecule has 2 aromatic carbocycles. The van der Waals surface area contributed by atoms with E-state index in [0.29, 0.717) is 6.61 Å². The van der Waals surface area contributed by atoms with Gasteiger partial charge in [0.2, 0.25) is 5.56 Å². The van der Waals surface area contributed by atoms with E-state index < -0.39 is 0 Å². The number of unbranched alkanes of at least 4 members (excludes halogenated alkanes) is 1. The minimum Gasteiger partial charge on any atom is -0.494 e. The molecule has 0 saturated carbocycles. The van der Waals surface area contributed by atoms with Crippen LogP contribution >= 0.6 is 0 Å². The largest absolute Gasteiger partial charge is 0.494 e. The van der Waals surface area contributed by atoms with Crippen molar-refractivity contribution in [3.05, 3.63) is 76.6 Å². The molecule has 2 N–H and O–H groups in total. The number of rotatable bonds is 10. The first kappa shape index (κ1) is 19.6. The third-order valence-electron chi connectivity index (χ3n) is 4.24. The summed E-state index contributed by atoms with van der Waals surface area (Å²) in [5.74, 6) is 0.494. The van der Waals surface area contributed by atoms with Crippen LogP contribution in [0.15, 0.2) is 65.5 Å². The second-order valence-corrected chi connectivity index (χ2v) is 6.45. The van der Waals surface area contributed by atoms with E-state index in [2.05, 4.69) is 10.3 Å². The van der Waals surface area contributed by atoms with E-state index in [1.165, 1.54) is 6.07 Å². The molecule has 0 bridgehead atoms. The lowest BCUT2D eigenvalue weighted by molar-refractivity contribution is -0.143. The Labute approximate surface area is 163 Å². The van der Waals surface area contributed by atoms with Gasteiger partial charge in [-0.2, -0.15) is 0 Å². The van der Waals surface area contributed by atoms with E-state index in [9.17, 15) is 9.59 Å². The quantitative estimate of drug-likeness (QED) is 0.321. The summed E-state index contributed by atoms with van der Waals surface area (Å²) in [7, 11) is 0. The van der Waals surface area contributed by atoms with Crippen LogP contribution in [0.2, 0.25) is 0 Å². The van der Waals surface area contributed by atoms with E-state index in [-0.39, 0.29) is 24.7 Å². The molecule has 6 nitrogen and oxygen atoms in total. The average Bonchev–Trinajstić information content (AvgIpc) is 2.70. The maximum absolute atomic E-state index is 11.7. The molecule has 0 spiro atoms. The van der Waals surface area contributed by atoms with Gasteiger partial charge in [-0.25, -0.2) is 0 Å². The summed E-state index contributed by atoms with van der Waals surface area (Å²) >= 11 is 0. The fourth-order valence-electron chi connectivity index (χ4n) is 2.78. The van der Waals surface area contributed by atoms with Gasteiger partial charge >= 0.3 is 5.97 Å². The molecule has 146 valence electrons. The van der Waals surface area contributed by atoms with Gasteiger partial charge in [0.15, 0.2) is 0 Å². The van der Waals surface area contributed by atoms with E-state index in [1.807, 2.05) is 48.5 Å². The maximum atomic E-state index is 11.7. The Bertz CT molecular complexity index is 953. The van der Waals surface area contributed by atoms with Gasteiger partial charge in [0, 0.05) is 12.1 Å². The highest BCUT2D eigenvalue weighted by atomic mass is 16.5. The van der Waals surface area contributed by atoms with Crippen LogP contribution in [0.5, 0.6) is 5.75 Å². The van der Waals surface area contributed by atoms with E-state index in [4.69, 9.17) is 9.47 Å². The standard InChI is InChI=1S/C22H24N2O4/c25-21-11-9-18-8-10-19(15-20(18)24-21)27-13-5-4-12-23-16-28-22(26)14-17-6-2-1-3-7-17/h1-3,6-11,15,23H,4-5,12-14,16H2,(H,24,25). The highest BCUT2D eigenvalue weighted by Gasteiger charge is 2.03. The highest BCUT2D eigenvalue weighted by Crippen LogP contribution is 2.18. The Balaban J connectivity index is 1.26. The van der Waals surface area contributed by atoms with E-state index in [1.54, 1.807) is 6.07 Å². The van der Waals surface area contributed by atoms with Crippen molar-refractivity contribution in [2.24, 2.45) is 0 Å². The molecule has 1 heterocycles. The average molecular weight is 380 g/mol. The van der Waals surface area contributed by atoms with Crippen LogP contribution in [0.1, 0.15) is 18.4 Å². The Morgan fingerprint density at radius 1 is 1.00 bits per heavy atom. The molecule has 6 heteroatoms. The lowest BCUT2D eigenvalue weighted by Crippen LogP contribution is -2.23. The number of carbonyl (C=O) groups excluding carboxylic acids is 1. The monoisotopic (exact) mass is 380 g/mol. The van der Waals surface area contributed by atoms with Gasteiger partial charge < -0.3 is 14.5 Å². The predicted octanol–water partition coefficient (Wildman–Crippen LogP) is 3.02. The van der Waals surface area contributed by atoms with E-state index in [0.717, 1.165) is 41.6 Å². The Hall–Kier alpha value is -3.12. The number of benzene rings is 2. The Kier molecular flexibility index (Phi) is 7.21. The van der Waals surface area contributed by atoms with Gasteiger partial charge in [0.25, 0.3) is 0 Å². The second kappa shape index (κ2) is 10.3. The molecule has 0 radical (unpaired) electrons. The summed E-state index contributed by atoms with van der Waals surface area (Å²) in [5, 5.41) is 4.06. The number of carbonyl (C=O) groups is 1. The predicted molar refractivity (Wildman–Crippen MR) is 108 cm³/mol. The van der Waals surface area contributed by atoms with Gasteiger partial charge in [-0.15, -0.1) is 0 Å². The highest BCUT2D eigenvalue weighted by molar-refractivity contribution is 5.79. The molecule has 0 saturated heterocycles. The minimum absolute atomic E-state index is 0.125. The third kappa shape index (κ3) is 6.25. The first-order valence-electron chi connectivity index (χ1n) is 9.37.